The van der Waals surface area contributed by atoms with Gasteiger partial charge < -0.3 is 35.4 Å². The lowest BCUT2D eigenvalue weighted by Gasteiger charge is -2.62. The van der Waals surface area contributed by atoms with E-state index in [-0.39, 0.29) is 42.3 Å². The van der Waals surface area contributed by atoms with Crippen molar-refractivity contribution in [3.63, 3.8) is 0 Å². The number of para-hydroxylation sites is 1. The van der Waals surface area contributed by atoms with E-state index in [1.54, 1.807) is 31.0 Å². The van der Waals surface area contributed by atoms with Crippen LogP contribution in [0.4, 0.5) is 5.69 Å². The van der Waals surface area contributed by atoms with Gasteiger partial charge in [-0.15, -0.1) is 0 Å². The van der Waals surface area contributed by atoms with Crippen LogP contribution in [0.5, 0.6) is 5.75 Å². The smallest absolute Gasteiger partial charge is 0.254 e. The van der Waals surface area contributed by atoms with Gasteiger partial charge in [0.25, 0.3) is 5.91 Å². The summed E-state index contributed by atoms with van der Waals surface area (Å²) in [6.07, 6.45) is 1.80. The van der Waals surface area contributed by atoms with E-state index in [1.165, 1.54) is 6.42 Å². The number of hydroxylamine groups is 2. The third kappa shape index (κ3) is 6.79. The molecule has 5 fully saturated rings. The molecule has 2 saturated heterocycles. The molecule has 7 rings (SSSR count). The van der Waals surface area contributed by atoms with E-state index < -0.39 is 30.2 Å². The van der Waals surface area contributed by atoms with Crippen LogP contribution in [-0.2, 0) is 21.0 Å². The van der Waals surface area contributed by atoms with Gasteiger partial charge in [-0.25, -0.2) is 0 Å². The predicted octanol–water partition coefficient (Wildman–Crippen LogP) is 3.44. The lowest BCUT2D eigenvalue weighted by Crippen LogP contribution is -2.62. The highest BCUT2D eigenvalue weighted by molar-refractivity contribution is 6.00. The van der Waals surface area contributed by atoms with Gasteiger partial charge in [0.15, 0.2) is 0 Å². The van der Waals surface area contributed by atoms with E-state index in [4.69, 9.17) is 9.57 Å². The lowest BCUT2D eigenvalue weighted by atomic mass is 9.45. The molecule has 2 heterocycles. The summed E-state index contributed by atoms with van der Waals surface area (Å²) in [6, 6.07) is 10.1. The van der Waals surface area contributed by atoms with E-state index in [1.807, 2.05) is 55.4 Å². The third-order valence-corrected chi connectivity index (χ3v) is 12.7. The molecule has 3 aliphatic carbocycles. The Morgan fingerprint density at radius 3 is 2.50 bits per heavy atom. The Morgan fingerprint density at radius 2 is 1.88 bits per heavy atom. The Bertz CT molecular complexity index is 1660. The quantitative estimate of drug-likeness (QED) is 0.275. The van der Waals surface area contributed by atoms with Crippen molar-refractivity contribution in [1.29, 1.82) is 0 Å². The van der Waals surface area contributed by atoms with Gasteiger partial charge >= 0.3 is 0 Å². The van der Waals surface area contributed by atoms with Crippen LogP contribution < -0.4 is 20.3 Å². The summed E-state index contributed by atoms with van der Waals surface area (Å²) in [6.45, 7) is 8.82. The Balaban J connectivity index is 1.31. The zero-order valence-electron chi connectivity index (χ0n) is 31.9. The average Bonchev–Trinajstić information content (AvgIpc) is 3.76. The molecule has 12 heteroatoms. The summed E-state index contributed by atoms with van der Waals surface area (Å²) >= 11 is 0. The molecule has 0 radical (unpaired) electrons. The van der Waals surface area contributed by atoms with Gasteiger partial charge in [0.1, 0.15) is 23.9 Å². The number of aliphatic hydroxyl groups excluding tert-OH is 2. The molecule has 0 spiro atoms. The van der Waals surface area contributed by atoms with Gasteiger partial charge in [-0.2, -0.15) is 5.06 Å². The first-order valence-corrected chi connectivity index (χ1v) is 18.8. The molecular formula is C40H57N5O7. The van der Waals surface area contributed by atoms with Crippen LogP contribution in [0.2, 0.25) is 0 Å². The second kappa shape index (κ2) is 15.0. The van der Waals surface area contributed by atoms with E-state index in [9.17, 15) is 24.6 Å². The summed E-state index contributed by atoms with van der Waals surface area (Å²) < 4.78 is 6.06. The van der Waals surface area contributed by atoms with E-state index in [2.05, 4.69) is 31.4 Å². The van der Waals surface area contributed by atoms with Crippen molar-refractivity contribution in [3.8, 4) is 16.9 Å². The fourth-order valence-electron chi connectivity index (χ4n) is 9.59. The number of carbonyl (C=O) groups is 3. The van der Waals surface area contributed by atoms with Crippen LogP contribution in [0.3, 0.4) is 0 Å². The monoisotopic (exact) mass is 719 g/mol. The Labute approximate surface area is 307 Å². The molecule has 2 aromatic carbocycles. The number of amides is 3. The molecule has 9 atom stereocenters. The fourth-order valence-corrected chi connectivity index (χ4v) is 9.59. The number of hydrogen-bond acceptors (Lipinski definition) is 9. The normalized spacial score (nSPS) is 30.0. The van der Waals surface area contributed by atoms with Gasteiger partial charge in [0, 0.05) is 62.0 Å². The molecular weight excluding hydrogens is 662 g/mol. The second-order valence-corrected chi connectivity index (χ2v) is 16.2. The summed E-state index contributed by atoms with van der Waals surface area (Å²) in [5, 5.41) is 28.9. The van der Waals surface area contributed by atoms with Crippen molar-refractivity contribution < 1.29 is 34.2 Å². The number of rotatable bonds is 11. The molecule has 4 N–H and O–H groups in total. The Hall–Kier alpha value is -3.71. The fraction of sp³-hybridized carbons (Fsp3) is 0.625. The minimum Gasteiger partial charge on any atom is -0.496 e. The summed E-state index contributed by atoms with van der Waals surface area (Å²) in [7, 11) is 7.00. The largest absolute Gasteiger partial charge is 0.496 e. The number of methoxy groups -OCH3 is 1. The van der Waals surface area contributed by atoms with Crippen molar-refractivity contribution in [2.24, 2.45) is 29.1 Å². The molecule has 12 nitrogen and oxygen atoms in total. The highest BCUT2D eigenvalue weighted by Crippen LogP contribution is 2.61. The van der Waals surface area contributed by atoms with E-state index in [0.717, 1.165) is 35.2 Å². The van der Waals surface area contributed by atoms with Crippen LogP contribution >= 0.6 is 0 Å². The summed E-state index contributed by atoms with van der Waals surface area (Å²) in [5.74, 6) is 0.734. The molecule has 2 bridgehead atoms. The highest BCUT2D eigenvalue weighted by atomic mass is 16.7. The van der Waals surface area contributed by atoms with Gasteiger partial charge in [0.2, 0.25) is 11.8 Å². The summed E-state index contributed by atoms with van der Waals surface area (Å²) in [5.41, 5.74) is 3.78. The Morgan fingerprint density at radius 1 is 1.13 bits per heavy atom. The van der Waals surface area contributed by atoms with Crippen LogP contribution in [-0.4, -0.2) is 110 Å². The van der Waals surface area contributed by atoms with Crippen molar-refractivity contribution >= 4 is 23.4 Å². The van der Waals surface area contributed by atoms with Crippen molar-refractivity contribution in [3.05, 3.63) is 47.5 Å². The van der Waals surface area contributed by atoms with Crippen LogP contribution in [0.15, 0.2) is 36.4 Å². The number of anilines is 1. The molecule has 0 unspecified atom stereocenters. The number of hydrogen-bond donors (Lipinski definition) is 4. The molecule has 3 amide bonds. The Kier molecular flexibility index (Phi) is 10.9. The van der Waals surface area contributed by atoms with Gasteiger partial charge in [-0.1, -0.05) is 39.0 Å². The lowest BCUT2D eigenvalue weighted by molar-refractivity contribution is -0.183. The van der Waals surface area contributed by atoms with Gasteiger partial charge in [-0.05, 0) is 79.5 Å². The van der Waals surface area contributed by atoms with E-state index >= 15 is 0 Å². The number of aliphatic hydroxyl groups is 2. The number of nitrogens with one attached hydrogen (secondary N) is 2. The van der Waals surface area contributed by atoms with Crippen LogP contribution in [0.25, 0.3) is 11.1 Å². The first kappa shape index (κ1) is 38.0. The zero-order chi connectivity index (χ0) is 37.6. The topological polar surface area (TPSA) is 144 Å². The zero-order valence-corrected chi connectivity index (χ0v) is 31.9. The number of fused-ring (bicyclic) bond motifs is 2. The predicted molar refractivity (Wildman–Crippen MR) is 198 cm³/mol. The average molecular weight is 720 g/mol. The molecule has 3 saturated carbocycles. The number of benzene rings is 2. The number of nitrogens with zero attached hydrogens (tertiary/aromatic N) is 3. The maximum Gasteiger partial charge on any atom is 0.254 e. The van der Waals surface area contributed by atoms with E-state index in [0.29, 0.717) is 42.0 Å². The molecule has 5 aliphatic rings. The van der Waals surface area contributed by atoms with Crippen molar-refractivity contribution in [2.75, 3.05) is 46.3 Å². The minimum absolute atomic E-state index is 0.0277. The number of likely N-dealkylation sites (N-methyl/N-ethyl adjacent to an activating group) is 1. The first-order chi connectivity index (χ1) is 24.7. The molecule has 2 aliphatic heterocycles. The van der Waals surface area contributed by atoms with Gasteiger partial charge in [-0.3, -0.25) is 19.2 Å². The minimum atomic E-state index is -0.911. The number of ether oxygens (including phenoxy) is 1. The molecule has 284 valence electrons. The van der Waals surface area contributed by atoms with Crippen molar-refractivity contribution in [2.45, 2.75) is 90.3 Å². The molecule has 2 aromatic rings. The SMILES string of the molecule is CNC(=O)[C@@H]1CCCN1C(=O)c1cc(-c2cccc(CN3O[C@@H](CO)[C@@H]([C@H](C)O)[C@H]3C(=O)N[C@H]3C[C@H]4C[C@@H]([C@@H]3C)C4(C)C)c2OC)cc(N(C)C)c1. The number of likely N-dealkylation sites (tertiary alicyclic amines) is 1. The number of carbonyl (C=O) groups excluding carboxylic acids is 3. The van der Waals surface area contributed by atoms with Gasteiger partial charge in [0.05, 0.1) is 26.4 Å². The van der Waals surface area contributed by atoms with Crippen molar-refractivity contribution in [1.82, 2.24) is 20.6 Å². The summed E-state index contributed by atoms with van der Waals surface area (Å²) in [4.78, 5) is 50.6. The maximum absolute atomic E-state index is 14.2. The standard InChI is InChI=1S/C40H57N5O7/c1-22-30-18-27(40(30,3)4)19-31(22)42-38(49)35-34(23(2)47)33(21-46)52-45(35)20-24-11-9-12-29(36(24)51-8)25-15-26(17-28(16-25)43(6)7)39(50)44-14-10-13-32(44)37(48)41-5/h9,11-12,15-17,22-23,27,30-35,46-47H,10,13-14,18-21H2,1-8H3,(H,41,48)(H,42,49)/t22-,23-,27+,30-,31-,32-,33-,34+,35-/m0/s1. The van der Waals surface area contributed by atoms with Crippen LogP contribution in [0.1, 0.15) is 69.3 Å². The van der Waals surface area contributed by atoms with Crippen LogP contribution in [0, 0.1) is 29.1 Å². The first-order valence-electron chi connectivity index (χ1n) is 18.8. The second-order valence-electron chi connectivity index (χ2n) is 16.2. The third-order valence-electron chi connectivity index (χ3n) is 12.7. The maximum atomic E-state index is 14.2. The molecule has 52 heavy (non-hydrogen) atoms. The molecule has 0 aromatic heterocycles. The highest BCUT2D eigenvalue weighted by Gasteiger charge is 2.57.